The molecule has 0 spiro atoms. The number of carbonyl (C=O) groups excluding carboxylic acids is 1. The molecular formula is C17H11ClI2N2O2. The Morgan fingerprint density at radius 1 is 1.29 bits per heavy atom. The van der Waals surface area contributed by atoms with Crippen LogP contribution in [-0.2, 0) is 4.79 Å². The zero-order valence-electron chi connectivity index (χ0n) is 12.4. The minimum atomic E-state index is -0.490. The summed E-state index contributed by atoms with van der Waals surface area (Å²) < 4.78 is 7.27. The van der Waals surface area contributed by atoms with Crippen molar-refractivity contribution in [2.24, 2.45) is 0 Å². The molecule has 0 atom stereocenters. The van der Waals surface area contributed by atoms with Gasteiger partial charge in [0.1, 0.15) is 17.4 Å². The third kappa shape index (κ3) is 4.84. The van der Waals surface area contributed by atoms with Crippen molar-refractivity contribution >= 4 is 74.5 Å². The van der Waals surface area contributed by atoms with Crippen molar-refractivity contribution < 1.29 is 9.53 Å². The zero-order chi connectivity index (χ0) is 17.7. The molecule has 1 amide bonds. The van der Waals surface area contributed by atoms with Gasteiger partial charge in [0.25, 0.3) is 5.91 Å². The van der Waals surface area contributed by atoms with E-state index in [1.165, 1.54) is 6.08 Å². The summed E-state index contributed by atoms with van der Waals surface area (Å²) in [6, 6.07) is 12.4. The molecule has 1 N–H and O–H groups in total. The van der Waals surface area contributed by atoms with E-state index in [4.69, 9.17) is 16.3 Å². The maximum Gasteiger partial charge on any atom is 0.266 e. The molecule has 122 valence electrons. The fraction of sp³-hybridized carbons (Fsp3) is 0.0588. The summed E-state index contributed by atoms with van der Waals surface area (Å²) in [6.45, 7) is 0. The van der Waals surface area contributed by atoms with Crippen molar-refractivity contribution in [3.8, 4) is 11.8 Å². The molecule has 0 aliphatic carbocycles. The number of benzene rings is 2. The maximum absolute atomic E-state index is 12.3. The van der Waals surface area contributed by atoms with Gasteiger partial charge in [-0.25, -0.2) is 0 Å². The predicted octanol–water partition coefficient (Wildman–Crippen LogP) is 5.10. The molecule has 2 rings (SSSR count). The number of anilines is 1. The molecule has 0 radical (unpaired) electrons. The lowest BCUT2D eigenvalue weighted by molar-refractivity contribution is -0.112. The van der Waals surface area contributed by atoms with E-state index in [9.17, 15) is 10.1 Å². The van der Waals surface area contributed by atoms with E-state index >= 15 is 0 Å². The van der Waals surface area contributed by atoms with E-state index in [1.54, 1.807) is 31.4 Å². The van der Waals surface area contributed by atoms with Gasteiger partial charge in [-0.05, 0) is 87.7 Å². The standard InChI is InChI=1S/C17H11ClI2N2O2/c1-24-16-10(7-13(19)8-15(16)20)6-11(9-21)17(23)22-14-4-2-12(18)3-5-14/h2-8H,1H3,(H,22,23)/b11-6+. The van der Waals surface area contributed by atoms with Gasteiger partial charge >= 0.3 is 0 Å². The molecule has 7 heteroatoms. The minimum absolute atomic E-state index is 0.0129. The SMILES string of the molecule is COc1c(I)cc(I)cc1/C=C(\C#N)C(=O)Nc1ccc(Cl)cc1. The molecule has 0 fully saturated rings. The second-order valence-electron chi connectivity index (χ2n) is 4.64. The normalized spacial score (nSPS) is 10.9. The largest absolute Gasteiger partial charge is 0.495 e. The Morgan fingerprint density at radius 3 is 2.54 bits per heavy atom. The molecule has 0 aliphatic rings. The third-order valence-electron chi connectivity index (χ3n) is 3.01. The second kappa shape index (κ2) is 8.69. The highest BCUT2D eigenvalue weighted by atomic mass is 127. The lowest BCUT2D eigenvalue weighted by Gasteiger charge is -2.09. The van der Waals surface area contributed by atoms with Crippen LogP contribution >= 0.6 is 56.8 Å². The number of methoxy groups -OCH3 is 1. The van der Waals surface area contributed by atoms with E-state index in [1.807, 2.05) is 18.2 Å². The maximum atomic E-state index is 12.3. The van der Waals surface area contributed by atoms with Gasteiger partial charge in [0.2, 0.25) is 0 Å². The monoisotopic (exact) mass is 564 g/mol. The highest BCUT2D eigenvalue weighted by molar-refractivity contribution is 14.1. The van der Waals surface area contributed by atoms with Crippen LogP contribution in [0.4, 0.5) is 5.69 Å². The first-order valence-corrected chi connectivity index (χ1v) is 9.20. The van der Waals surface area contributed by atoms with Crippen LogP contribution in [0.3, 0.4) is 0 Å². The molecule has 4 nitrogen and oxygen atoms in total. The summed E-state index contributed by atoms with van der Waals surface area (Å²) in [6.07, 6.45) is 1.52. The number of nitrogens with zero attached hydrogens (tertiary/aromatic N) is 1. The van der Waals surface area contributed by atoms with Crippen molar-refractivity contribution in [2.45, 2.75) is 0 Å². The van der Waals surface area contributed by atoms with Crippen LogP contribution in [0.15, 0.2) is 42.0 Å². The van der Waals surface area contributed by atoms with Crippen molar-refractivity contribution in [1.29, 1.82) is 5.26 Å². The van der Waals surface area contributed by atoms with E-state index in [0.717, 1.165) is 7.14 Å². The van der Waals surface area contributed by atoms with Crippen LogP contribution in [0.5, 0.6) is 5.75 Å². The number of hydrogen-bond acceptors (Lipinski definition) is 3. The van der Waals surface area contributed by atoms with Gasteiger partial charge < -0.3 is 10.1 Å². The Kier molecular flexibility index (Phi) is 6.89. The number of amides is 1. The number of nitrogens with one attached hydrogen (secondary N) is 1. The average Bonchev–Trinajstić information content (AvgIpc) is 2.54. The number of rotatable bonds is 4. The van der Waals surface area contributed by atoms with Gasteiger partial charge in [-0.3, -0.25) is 4.79 Å². The Bertz CT molecular complexity index is 843. The van der Waals surface area contributed by atoms with Gasteiger partial charge in [0, 0.05) is 19.8 Å². The molecule has 0 saturated carbocycles. The van der Waals surface area contributed by atoms with E-state index in [0.29, 0.717) is 22.0 Å². The minimum Gasteiger partial charge on any atom is -0.495 e. The molecule has 0 saturated heterocycles. The number of carbonyl (C=O) groups is 1. The summed E-state index contributed by atoms with van der Waals surface area (Å²) >= 11 is 10.1. The van der Waals surface area contributed by atoms with Crippen molar-refractivity contribution in [1.82, 2.24) is 0 Å². The molecular weight excluding hydrogens is 553 g/mol. The Hall–Kier alpha value is -1.31. The quantitative estimate of drug-likeness (QED) is 0.319. The molecule has 24 heavy (non-hydrogen) atoms. The summed E-state index contributed by atoms with van der Waals surface area (Å²) in [7, 11) is 1.56. The smallest absolute Gasteiger partial charge is 0.266 e. The first kappa shape index (κ1) is 19.0. The second-order valence-corrected chi connectivity index (χ2v) is 7.49. The molecule has 0 heterocycles. The van der Waals surface area contributed by atoms with Gasteiger partial charge in [0.15, 0.2) is 0 Å². The van der Waals surface area contributed by atoms with E-state index in [2.05, 4.69) is 50.5 Å². The predicted molar refractivity (Wildman–Crippen MR) is 112 cm³/mol. The summed E-state index contributed by atoms with van der Waals surface area (Å²) in [5, 5.41) is 12.6. The number of ether oxygens (including phenoxy) is 1. The van der Waals surface area contributed by atoms with Crippen LogP contribution in [0.1, 0.15) is 5.56 Å². The highest BCUT2D eigenvalue weighted by Gasteiger charge is 2.13. The van der Waals surface area contributed by atoms with Gasteiger partial charge in [-0.2, -0.15) is 5.26 Å². The van der Waals surface area contributed by atoms with Crippen molar-refractivity contribution in [3.05, 3.63) is 59.7 Å². The van der Waals surface area contributed by atoms with E-state index < -0.39 is 5.91 Å². The topological polar surface area (TPSA) is 62.1 Å². The number of hydrogen-bond donors (Lipinski definition) is 1. The molecule has 0 aromatic heterocycles. The van der Waals surface area contributed by atoms with Gasteiger partial charge in [-0.15, -0.1) is 0 Å². The molecule has 2 aromatic carbocycles. The molecule has 0 bridgehead atoms. The van der Waals surface area contributed by atoms with Crippen LogP contribution in [0, 0.1) is 18.5 Å². The number of halogens is 3. The zero-order valence-corrected chi connectivity index (χ0v) is 17.5. The fourth-order valence-electron chi connectivity index (χ4n) is 1.94. The molecule has 0 aliphatic heterocycles. The molecule has 2 aromatic rings. The highest BCUT2D eigenvalue weighted by Crippen LogP contribution is 2.30. The summed E-state index contributed by atoms with van der Waals surface area (Å²) in [5.74, 6) is 0.138. The summed E-state index contributed by atoms with van der Waals surface area (Å²) in [4.78, 5) is 12.3. The summed E-state index contributed by atoms with van der Waals surface area (Å²) in [5.41, 5.74) is 1.23. The van der Waals surface area contributed by atoms with Crippen LogP contribution in [0.2, 0.25) is 5.02 Å². The Morgan fingerprint density at radius 2 is 1.96 bits per heavy atom. The third-order valence-corrected chi connectivity index (χ3v) is 4.68. The van der Waals surface area contributed by atoms with Crippen molar-refractivity contribution in [3.63, 3.8) is 0 Å². The lowest BCUT2D eigenvalue weighted by Crippen LogP contribution is -2.13. The Balaban J connectivity index is 2.34. The molecule has 0 unspecified atom stereocenters. The fourth-order valence-corrected chi connectivity index (χ4v) is 4.17. The van der Waals surface area contributed by atoms with Gasteiger partial charge in [0.05, 0.1) is 10.7 Å². The van der Waals surface area contributed by atoms with Crippen LogP contribution in [-0.4, -0.2) is 13.0 Å². The number of nitriles is 1. The lowest BCUT2D eigenvalue weighted by atomic mass is 10.1. The Labute approximate surface area is 172 Å². The van der Waals surface area contributed by atoms with Crippen molar-refractivity contribution in [2.75, 3.05) is 12.4 Å². The average molecular weight is 565 g/mol. The first-order valence-electron chi connectivity index (χ1n) is 6.66. The van der Waals surface area contributed by atoms with Gasteiger partial charge in [-0.1, -0.05) is 11.6 Å². The van der Waals surface area contributed by atoms with E-state index in [-0.39, 0.29) is 5.57 Å². The van der Waals surface area contributed by atoms with Crippen LogP contribution < -0.4 is 10.1 Å². The van der Waals surface area contributed by atoms with Crippen LogP contribution in [0.25, 0.3) is 6.08 Å². The first-order chi connectivity index (χ1) is 11.4.